The topological polar surface area (TPSA) is 39.3 Å². The molecule has 1 amide bonds. The van der Waals surface area contributed by atoms with E-state index in [1.54, 1.807) is 7.11 Å². The summed E-state index contributed by atoms with van der Waals surface area (Å²) in [6.45, 7) is 6.59. The van der Waals surface area contributed by atoms with E-state index in [2.05, 4.69) is 75.5 Å². The van der Waals surface area contributed by atoms with Crippen LogP contribution in [0.5, 0.6) is 5.75 Å². The summed E-state index contributed by atoms with van der Waals surface area (Å²) < 4.78 is 5.61. The predicted molar refractivity (Wildman–Crippen MR) is 153 cm³/mol. The van der Waals surface area contributed by atoms with Gasteiger partial charge in [0.15, 0.2) is 0 Å². The molecule has 0 bridgehead atoms. The summed E-state index contributed by atoms with van der Waals surface area (Å²) in [6.07, 6.45) is 4.29. The lowest BCUT2D eigenvalue weighted by atomic mass is 9.72. The molecule has 3 aliphatic rings. The van der Waals surface area contributed by atoms with Crippen LogP contribution in [0.3, 0.4) is 0 Å². The van der Waals surface area contributed by atoms with E-state index in [0.717, 1.165) is 93.3 Å². The molecule has 3 aromatic carbocycles. The van der Waals surface area contributed by atoms with Gasteiger partial charge < -0.3 is 9.64 Å². The van der Waals surface area contributed by atoms with Crippen LogP contribution >= 0.6 is 0 Å². The van der Waals surface area contributed by atoms with Gasteiger partial charge in [0.05, 0.1) is 18.5 Å². The number of benzene rings is 3. The molecule has 198 valence electrons. The first-order valence-electron chi connectivity index (χ1n) is 14.1. The molecule has 6 rings (SSSR count). The van der Waals surface area contributed by atoms with Crippen LogP contribution in [0.2, 0.25) is 0 Å². The predicted octanol–water partition coefficient (Wildman–Crippen LogP) is 4.94. The molecule has 38 heavy (non-hydrogen) atoms. The number of para-hydroxylation sites is 3. The molecule has 3 aromatic rings. The van der Waals surface area contributed by atoms with Crippen molar-refractivity contribution < 1.29 is 9.53 Å². The number of fused-ring (bicyclic) bond motifs is 1. The lowest BCUT2D eigenvalue weighted by Gasteiger charge is -2.39. The maximum atomic E-state index is 14.6. The molecule has 0 radical (unpaired) electrons. The number of hydrogen-bond acceptors (Lipinski definition) is 5. The van der Waals surface area contributed by atoms with Gasteiger partial charge in [-0.1, -0.05) is 67.1 Å². The number of piperidine rings is 1. The Labute approximate surface area is 226 Å². The fourth-order valence-electron chi connectivity index (χ4n) is 6.60. The third kappa shape index (κ3) is 4.36. The van der Waals surface area contributed by atoms with Crippen molar-refractivity contribution in [2.24, 2.45) is 0 Å². The monoisotopic (exact) mass is 510 g/mol. The average molecular weight is 511 g/mol. The number of carbonyl (C=O) groups excluding carboxylic acids is 1. The van der Waals surface area contributed by atoms with E-state index in [1.165, 1.54) is 6.42 Å². The molecule has 1 unspecified atom stereocenters. The second-order valence-corrected chi connectivity index (χ2v) is 10.7. The van der Waals surface area contributed by atoms with Gasteiger partial charge >= 0.3 is 0 Å². The highest BCUT2D eigenvalue weighted by molar-refractivity contribution is 6.09. The Morgan fingerprint density at radius 2 is 1.39 bits per heavy atom. The van der Waals surface area contributed by atoms with Gasteiger partial charge in [0.25, 0.3) is 5.91 Å². The molecular weight excluding hydrogens is 472 g/mol. The molecular formula is C32H38N4O2. The molecule has 0 aromatic heterocycles. The average Bonchev–Trinajstić information content (AvgIpc) is 3.25. The van der Waals surface area contributed by atoms with Gasteiger partial charge in [0, 0.05) is 39.3 Å². The van der Waals surface area contributed by atoms with Crippen LogP contribution in [0.4, 0.5) is 11.4 Å². The molecule has 0 N–H and O–H groups in total. The van der Waals surface area contributed by atoms with Crippen molar-refractivity contribution in [1.82, 2.24) is 9.91 Å². The minimum absolute atomic E-state index is 0.208. The minimum atomic E-state index is -0.672. The summed E-state index contributed by atoms with van der Waals surface area (Å²) in [5.74, 6) is 1.13. The Morgan fingerprint density at radius 3 is 2.13 bits per heavy atom. The lowest BCUT2D eigenvalue weighted by Crippen LogP contribution is -2.53. The number of ether oxygens (including phenoxy) is 1. The van der Waals surface area contributed by atoms with Gasteiger partial charge in [-0.25, -0.2) is 10.0 Å². The van der Waals surface area contributed by atoms with E-state index in [4.69, 9.17) is 4.74 Å². The van der Waals surface area contributed by atoms with E-state index in [0.29, 0.717) is 0 Å². The summed E-state index contributed by atoms with van der Waals surface area (Å²) in [5, 5.41) is 4.32. The molecule has 6 heteroatoms. The molecule has 2 saturated heterocycles. The SMILES string of the molecule is COc1ccccc1N1CCN(CCC2(c3ccccc3)C(=O)N(N3CCCCC3)c3ccccc32)CC1. The van der Waals surface area contributed by atoms with Gasteiger partial charge in [-0.3, -0.25) is 9.69 Å². The first kappa shape index (κ1) is 25.0. The largest absolute Gasteiger partial charge is 0.495 e. The van der Waals surface area contributed by atoms with Crippen molar-refractivity contribution in [3.63, 3.8) is 0 Å². The van der Waals surface area contributed by atoms with Crippen molar-refractivity contribution in [2.75, 3.05) is 62.8 Å². The third-order valence-corrected chi connectivity index (χ3v) is 8.63. The van der Waals surface area contributed by atoms with E-state index in [1.807, 2.05) is 23.2 Å². The molecule has 0 saturated carbocycles. The summed E-state index contributed by atoms with van der Waals surface area (Å²) >= 11 is 0. The zero-order valence-corrected chi connectivity index (χ0v) is 22.4. The highest BCUT2D eigenvalue weighted by Gasteiger charge is 2.53. The summed E-state index contributed by atoms with van der Waals surface area (Å²) in [5.41, 5.74) is 3.80. The number of amides is 1. The zero-order valence-electron chi connectivity index (χ0n) is 22.4. The highest BCUT2D eigenvalue weighted by Crippen LogP contribution is 2.49. The van der Waals surface area contributed by atoms with Crippen molar-refractivity contribution in [3.05, 3.63) is 90.0 Å². The van der Waals surface area contributed by atoms with E-state index in [-0.39, 0.29) is 5.91 Å². The van der Waals surface area contributed by atoms with Crippen LogP contribution < -0.4 is 14.6 Å². The molecule has 3 aliphatic heterocycles. The first-order valence-corrected chi connectivity index (χ1v) is 14.1. The number of rotatable bonds is 7. The second-order valence-electron chi connectivity index (χ2n) is 10.7. The third-order valence-electron chi connectivity index (χ3n) is 8.63. The number of piperazine rings is 1. The number of methoxy groups -OCH3 is 1. The van der Waals surface area contributed by atoms with Crippen LogP contribution in [0.1, 0.15) is 36.8 Å². The number of hydrogen-bond donors (Lipinski definition) is 0. The Kier molecular flexibility index (Phi) is 7.09. The number of carbonyl (C=O) groups is 1. The second kappa shape index (κ2) is 10.8. The maximum Gasteiger partial charge on any atom is 0.256 e. The number of hydrazine groups is 1. The van der Waals surface area contributed by atoms with Gasteiger partial charge in [0.1, 0.15) is 11.2 Å². The lowest BCUT2D eigenvalue weighted by molar-refractivity contribution is -0.125. The molecule has 0 aliphatic carbocycles. The zero-order chi connectivity index (χ0) is 26.0. The van der Waals surface area contributed by atoms with Crippen molar-refractivity contribution >= 4 is 17.3 Å². The van der Waals surface area contributed by atoms with Crippen molar-refractivity contribution in [2.45, 2.75) is 31.1 Å². The van der Waals surface area contributed by atoms with Gasteiger partial charge in [-0.05, 0) is 55.1 Å². The van der Waals surface area contributed by atoms with Crippen LogP contribution in [-0.4, -0.2) is 68.7 Å². The van der Waals surface area contributed by atoms with Gasteiger partial charge in [-0.15, -0.1) is 0 Å². The van der Waals surface area contributed by atoms with Gasteiger partial charge in [0.2, 0.25) is 0 Å². The first-order chi connectivity index (χ1) is 18.7. The van der Waals surface area contributed by atoms with E-state index >= 15 is 0 Å². The molecule has 1 atom stereocenters. The Bertz CT molecular complexity index is 1250. The smallest absolute Gasteiger partial charge is 0.256 e. The maximum absolute atomic E-state index is 14.6. The van der Waals surface area contributed by atoms with Crippen LogP contribution in [0, 0.1) is 0 Å². The quantitative estimate of drug-likeness (QED) is 0.450. The van der Waals surface area contributed by atoms with Crippen molar-refractivity contribution in [3.8, 4) is 5.75 Å². The number of nitrogens with zero attached hydrogens (tertiary/aromatic N) is 4. The fourth-order valence-corrected chi connectivity index (χ4v) is 6.60. The standard InChI is InChI=1S/C32H38N4O2/c1-38-30-17-9-8-16-29(30)34-24-22-33(23-25-34)21-18-32(26-12-4-2-5-13-26)27-14-6-7-15-28(27)36(31(32)37)35-19-10-3-11-20-35/h2,4-9,12-17H,3,10-11,18-25H2,1H3. The molecule has 0 spiro atoms. The van der Waals surface area contributed by atoms with Crippen LogP contribution in [0.25, 0.3) is 0 Å². The Balaban J connectivity index is 1.26. The van der Waals surface area contributed by atoms with E-state index < -0.39 is 5.41 Å². The summed E-state index contributed by atoms with van der Waals surface area (Å²) in [6, 6.07) is 27.2. The van der Waals surface area contributed by atoms with Crippen LogP contribution in [0.15, 0.2) is 78.9 Å². The normalized spacial score (nSPS) is 22.5. The van der Waals surface area contributed by atoms with E-state index in [9.17, 15) is 4.79 Å². The van der Waals surface area contributed by atoms with Crippen LogP contribution in [-0.2, 0) is 10.2 Å². The molecule has 6 nitrogen and oxygen atoms in total. The Morgan fingerprint density at radius 1 is 0.737 bits per heavy atom. The summed E-state index contributed by atoms with van der Waals surface area (Å²) in [7, 11) is 1.74. The fraction of sp³-hybridized carbons (Fsp3) is 0.406. The number of anilines is 2. The minimum Gasteiger partial charge on any atom is -0.495 e. The van der Waals surface area contributed by atoms with Crippen molar-refractivity contribution in [1.29, 1.82) is 0 Å². The Hall–Kier alpha value is -3.35. The molecule has 2 fully saturated rings. The summed E-state index contributed by atoms with van der Waals surface area (Å²) in [4.78, 5) is 19.5. The van der Waals surface area contributed by atoms with Gasteiger partial charge in [-0.2, -0.15) is 0 Å². The highest BCUT2D eigenvalue weighted by atomic mass is 16.5. The molecule has 3 heterocycles.